The van der Waals surface area contributed by atoms with Crippen LogP contribution in [0.2, 0.25) is 0 Å². The van der Waals surface area contributed by atoms with Gasteiger partial charge < -0.3 is 5.32 Å². The number of aromatic nitrogens is 2. The molecule has 1 heterocycles. The number of carbonyl (C=O) groups excluding carboxylic acids is 1. The van der Waals surface area contributed by atoms with Gasteiger partial charge in [-0.3, -0.25) is 10.00 Å². The average molecular weight is 430 g/mol. The fourth-order valence-electron chi connectivity index (χ4n) is 1.86. The lowest BCUT2D eigenvalue weighted by molar-refractivity contribution is 0.262. The average Bonchev–Trinajstić information content (AvgIpc) is 2.69. The van der Waals surface area contributed by atoms with E-state index >= 15 is 0 Å². The van der Waals surface area contributed by atoms with Crippen LogP contribution < -0.4 is 10.6 Å². The molecule has 0 radical (unpaired) electrons. The summed E-state index contributed by atoms with van der Waals surface area (Å²) in [5.74, 6) is 0.650. The lowest BCUT2D eigenvalue weighted by atomic mass is 9.92. The molecule has 22 heavy (non-hydrogen) atoms. The Morgan fingerprint density at radius 3 is 2.18 bits per heavy atom. The Balaban J connectivity index is 2.11. The molecule has 2 rings (SSSR count). The van der Waals surface area contributed by atoms with Gasteiger partial charge in [0.1, 0.15) is 5.82 Å². The van der Waals surface area contributed by atoms with Crippen molar-refractivity contribution in [1.82, 2.24) is 9.78 Å². The Hall–Kier alpha value is -1.34. The number of aryl methyl sites for hydroxylation is 1. The number of anilines is 2. The number of carbonyl (C=O) groups is 1. The Kier molecular flexibility index (Phi) is 4.97. The summed E-state index contributed by atoms with van der Waals surface area (Å²) in [6.45, 7) is 6.24. The molecule has 0 bridgehead atoms. The monoisotopic (exact) mass is 428 g/mol. The maximum Gasteiger partial charge on any atom is 0.324 e. The zero-order chi connectivity index (χ0) is 16.5. The Morgan fingerprint density at radius 1 is 1.09 bits per heavy atom. The zero-order valence-electron chi connectivity index (χ0n) is 12.9. The molecule has 0 spiro atoms. The van der Waals surface area contributed by atoms with Crippen molar-refractivity contribution in [3.63, 3.8) is 0 Å². The highest BCUT2D eigenvalue weighted by Crippen LogP contribution is 2.25. The first-order valence-electron chi connectivity index (χ1n) is 6.74. The topological polar surface area (TPSA) is 59.0 Å². The van der Waals surface area contributed by atoms with E-state index in [-0.39, 0.29) is 11.4 Å². The molecule has 0 unspecified atom stereocenters. The van der Waals surface area contributed by atoms with Gasteiger partial charge in [-0.15, -0.1) is 0 Å². The first-order valence-corrected chi connectivity index (χ1v) is 8.32. The second-order valence-electron chi connectivity index (χ2n) is 6.03. The van der Waals surface area contributed by atoms with Gasteiger partial charge in [0.15, 0.2) is 0 Å². The second kappa shape index (κ2) is 6.42. The second-order valence-corrected chi connectivity index (χ2v) is 7.86. The van der Waals surface area contributed by atoms with E-state index in [0.29, 0.717) is 11.5 Å². The summed E-state index contributed by atoms with van der Waals surface area (Å²) in [5.41, 5.74) is 1.55. The van der Waals surface area contributed by atoms with E-state index in [2.05, 4.69) is 68.4 Å². The number of amides is 2. The summed E-state index contributed by atoms with van der Waals surface area (Å²) in [5, 5.41) is 10.0. The van der Waals surface area contributed by atoms with Crippen LogP contribution in [0.3, 0.4) is 0 Å². The van der Waals surface area contributed by atoms with Crippen molar-refractivity contribution in [2.75, 3.05) is 10.6 Å². The summed E-state index contributed by atoms with van der Waals surface area (Å²) < 4.78 is 3.43. The number of urea groups is 1. The standard InChI is InChI=1S/C15H18Br2N4O/c1-15(2,3)12-8-13(21(4)20-12)19-14(22)18-11-6-9(16)5-10(17)7-11/h5-8H,1-4H3,(H2,18,19,22). The number of halogens is 2. The normalized spacial score (nSPS) is 11.4. The van der Waals surface area contributed by atoms with Gasteiger partial charge in [-0.25, -0.2) is 4.79 Å². The van der Waals surface area contributed by atoms with E-state index in [1.54, 1.807) is 11.7 Å². The van der Waals surface area contributed by atoms with Crippen molar-refractivity contribution < 1.29 is 4.79 Å². The van der Waals surface area contributed by atoms with Crippen LogP contribution in [0.5, 0.6) is 0 Å². The summed E-state index contributed by atoms with van der Waals surface area (Å²) in [7, 11) is 1.81. The third kappa shape index (κ3) is 4.33. The highest BCUT2D eigenvalue weighted by Gasteiger charge is 2.19. The quantitative estimate of drug-likeness (QED) is 0.714. The van der Waals surface area contributed by atoms with Crippen LogP contribution in [0.15, 0.2) is 33.2 Å². The number of rotatable bonds is 2. The Labute approximate surface area is 146 Å². The lowest BCUT2D eigenvalue weighted by Crippen LogP contribution is -2.21. The van der Waals surface area contributed by atoms with E-state index in [9.17, 15) is 4.79 Å². The first kappa shape index (κ1) is 17.0. The predicted molar refractivity (Wildman–Crippen MR) is 96.4 cm³/mol. The van der Waals surface area contributed by atoms with Crippen molar-refractivity contribution >= 4 is 49.4 Å². The van der Waals surface area contributed by atoms with Crippen LogP contribution in [0.4, 0.5) is 16.3 Å². The smallest absolute Gasteiger partial charge is 0.308 e. The number of benzene rings is 1. The van der Waals surface area contributed by atoms with Crippen LogP contribution in [-0.4, -0.2) is 15.8 Å². The Morgan fingerprint density at radius 2 is 1.68 bits per heavy atom. The molecule has 0 aliphatic rings. The first-order chi connectivity index (χ1) is 10.1. The molecule has 2 aromatic rings. The van der Waals surface area contributed by atoms with Gasteiger partial charge in [-0.2, -0.15) is 5.10 Å². The molecular formula is C15H18Br2N4O. The third-order valence-electron chi connectivity index (χ3n) is 3.01. The molecule has 2 N–H and O–H groups in total. The fraction of sp³-hybridized carbons (Fsp3) is 0.333. The van der Waals surface area contributed by atoms with Crippen molar-refractivity contribution in [2.24, 2.45) is 7.05 Å². The molecule has 5 nitrogen and oxygen atoms in total. The SMILES string of the molecule is Cn1nc(C(C)(C)C)cc1NC(=O)Nc1cc(Br)cc(Br)c1. The van der Waals surface area contributed by atoms with Crippen molar-refractivity contribution in [3.8, 4) is 0 Å². The van der Waals surface area contributed by atoms with Gasteiger partial charge in [0.2, 0.25) is 0 Å². The van der Waals surface area contributed by atoms with Crippen molar-refractivity contribution in [3.05, 3.63) is 38.9 Å². The zero-order valence-corrected chi connectivity index (χ0v) is 16.0. The van der Waals surface area contributed by atoms with E-state index in [1.807, 2.05) is 24.3 Å². The molecule has 0 fully saturated rings. The maximum atomic E-state index is 12.1. The van der Waals surface area contributed by atoms with E-state index in [4.69, 9.17) is 0 Å². The molecule has 1 aromatic carbocycles. The minimum Gasteiger partial charge on any atom is -0.308 e. The van der Waals surface area contributed by atoms with Gasteiger partial charge in [-0.1, -0.05) is 52.6 Å². The highest BCUT2D eigenvalue weighted by atomic mass is 79.9. The number of nitrogens with zero attached hydrogens (tertiary/aromatic N) is 2. The summed E-state index contributed by atoms with van der Waals surface area (Å²) in [4.78, 5) is 12.1. The van der Waals surface area contributed by atoms with Crippen LogP contribution in [0.1, 0.15) is 26.5 Å². The van der Waals surface area contributed by atoms with Gasteiger partial charge >= 0.3 is 6.03 Å². The molecule has 0 aliphatic heterocycles. The van der Waals surface area contributed by atoms with Crippen LogP contribution in [0.25, 0.3) is 0 Å². The molecule has 118 valence electrons. The van der Waals surface area contributed by atoms with Crippen LogP contribution in [0, 0.1) is 0 Å². The van der Waals surface area contributed by atoms with E-state index < -0.39 is 0 Å². The molecule has 0 aliphatic carbocycles. The van der Waals surface area contributed by atoms with Crippen LogP contribution >= 0.6 is 31.9 Å². The maximum absolute atomic E-state index is 12.1. The van der Waals surface area contributed by atoms with Gasteiger partial charge in [-0.05, 0) is 18.2 Å². The molecule has 1 aromatic heterocycles. The molecule has 2 amide bonds. The molecule has 0 saturated carbocycles. The van der Waals surface area contributed by atoms with Crippen LogP contribution in [-0.2, 0) is 12.5 Å². The fourth-order valence-corrected chi connectivity index (χ4v) is 3.15. The summed E-state index contributed by atoms with van der Waals surface area (Å²) in [6.07, 6.45) is 0. The summed E-state index contributed by atoms with van der Waals surface area (Å²) >= 11 is 6.78. The van der Waals surface area contributed by atoms with Gasteiger partial charge in [0.05, 0.1) is 5.69 Å². The molecule has 7 heteroatoms. The lowest BCUT2D eigenvalue weighted by Gasteiger charge is -2.13. The minimum atomic E-state index is -0.312. The molecular weight excluding hydrogens is 412 g/mol. The molecule has 0 saturated heterocycles. The highest BCUT2D eigenvalue weighted by molar-refractivity contribution is 9.11. The summed E-state index contributed by atoms with van der Waals surface area (Å²) in [6, 6.07) is 7.13. The molecule has 0 atom stereocenters. The number of hydrogen-bond donors (Lipinski definition) is 2. The minimum absolute atomic E-state index is 0.0661. The van der Waals surface area contributed by atoms with Gasteiger partial charge in [0.25, 0.3) is 0 Å². The number of nitrogens with one attached hydrogen (secondary N) is 2. The van der Waals surface area contributed by atoms with Gasteiger partial charge in [0, 0.05) is 33.2 Å². The third-order valence-corrected chi connectivity index (χ3v) is 3.93. The van der Waals surface area contributed by atoms with E-state index in [0.717, 1.165) is 14.6 Å². The van der Waals surface area contributed by atoms with Crippen molar-refractivity contribution in [1.29, 1.82) is 0 Å². The largest absolute Gasteiger partial charge is 0.324 e. The number of hydrogen-bond acceptors (Lipinski definition) is 2. The predicted octanol–water partition coefficient (Wildman–Crippen LogP) is 4.89. The Bertz CT molecular complexity index is 684. The van der Waals surface area contributed by atoms with E-state index in [1.165, 1.54) is 0 Å². The van der Waals surface area contributed by atoms with Crippen molar-refractivity contribution in [2.45, 2.75) is 26.2 Å².